The molecular weight excluding hydrogens is 176 g/mol. The molecule has 0 saturated carbocycles. The molecule has 1 aromatic rings. The Hall–Kier alpha value is -1.16. The maximum atomic E-state index is 12.7. The lowest BCUT2D eigenvalue weighted by atomic mass is 9.94. The van der Waals surface area contributed by atoms with Crippen LogP contribution in [0.3, 0.4) is 0 Å². The molecule has 2 nitrogen and oxygen atoms in total. The van der Waals surface area contributed by atoms with Gasteiger partial charge >= 0.3 is 0 Å². The minimum atomic E-state index is -1.08. The summed E-state index contributed by atoms with van der Waals surface area (Å²) < 4.78 is 25.3. The summed E-state index contributed by atoms with van der Waals surface area (Å²) in [5, 5.41) is 9.26. The van der Waals surface area contributed by atoms with E-state index in [1.165, 1.54) is 0 Å². The van der Waals surface area contributed by atoms with Crippen LogP contribution in [-0.4, -0.2) is 5.11 Å². The van der Waals surface area contributed by atoms with Gasteiger partial charge in [0.2, 0.25) is 0 Å². The second-order valence-electron chi connectivity index (χ2n) is 3.51. The van der Waals surface area contributed by atoms with Gasteiger partial charge in [-0.2, -0.15) is 0 Å². The van der Waals surface area contributed by atoms with Crippen molar-refractivity contribution in [2.75, 3.05) is 0 Å². The predicted octanol–water partition coefficient (Wildman–Crippen LogP) is 1.86. The monoisotopic (exact) mass is 187 g/mol. The van der Waals surface area contributed by atoms with E-state index in [4.69, 9.17) is 5.73 Å². The van der Waals surface area contributed by atoms with Gasteiger partial charge in [-0.3, -0.25) is 0 Å². The van der Waals surface area contributed by atoms with Gasteiger partial charge in [0.15, 0.2) is 11.6 Å². The Morgan fingerprint density at radius 3 is 2.15 bits per heavy atom. The SMILES string of the molecule is CC(C)(N)c1cc(F)c(F)cc1O. The third kappa shape index (κ3) is 1.95. The summed E-state index contributed by atoms with van der Waals surface area (Å²) in [5.74, 6) is -2.41. The molecule has 0 aliphatic rings. The highest BCUT2D eigenvalue weighted by Gasteiger charge is 2.20. The molecule has 0 aromatic heterocycles. The minimum absolute atomic E-state index is 0.186. The molecule has 0 heterocycles. The lowest BCUT2D eigenvalue weighted by Crippen LogP contribution is -2.28. The molecule has 0 bridgehead atoms. The number of phenolic OH excluding ortho intramolecular Hbond substituents is 1. The zero-order valence-electron chi connectivity index (χ0n) is 7.44. The molecule has 0 aliphatic heterocycles. The number of benzene rings is 1. The van der Waals surface area contributed by atoms with Crippen molar-refractivity contribution in [2.45, 2.75) is 19.4 Å². The van der Waals surface area contributed by atoms with Gasteiger partial charge in [-0.05, 0) is 19.9 Å². The number of halogens is 2. The summed E-state index contributed by atoms with van der Waals surface area (Å²) in [4.78, 5) is 0. The summed E-state index contributed by atoms with van der Waals surface area (Å²) in [6, 6.07) is 1.63. The van der Waals surface area contributed by atoms with Crippen molar-refractivity contribution in [3.8, 4) is 5.75 Å². The average Bonchev–Trinajstić information content (AvgIpc) is 1.94. The van der Waals surface area contributed by atoms with Gasteiger partial charge in [0, 0.05) is 17.2 Å². The predicted molar refractivity (Wildman–Crippen MR) is 45.2 cm³/mol. The lowest BCUT2D eigenvalue weighted by molar-refractivity contribution is 0.422. The van der Waals surface area contributed by atoms with Crippen LogP contribution in [0.2, 0.25) is 0 Å². The molecule has 4 heteroatoms. The first-order chi connectivity index (χ1) is 5.82. The van der Waals surface area contributed by atoms with Crippen LogP contribution >= 0.6 is 0 Å². The number of aromatic hydroxyl groups is 1. The highest BCUT2D eigenvalue weighted by Crippen LogP contribution is 2.28. The number of hydrogen-bond donors (Lipinski definition) is 2. The van der Waals surface area contributed by atoms with Gasteiger partial charge < -0.3 is 10.8 Å². The first-order valence-electron chi connectivity index (χ1n) is 3.79. The van der Waals surface area contributed by atoms with Gasteiger partial charge in [0.1, 0.15) is 5.75 Å². The summed E-state index contributed by atoms with van der Waals surface area (Å²) in [5.41, 5.74) is 4.92. The smallest absolute Gasteiger partial charge is 0.162 e. The lowest BCUT2D eigenvalue weighted by Gasteiger charge is -2.20. The molecule has 0 saturated heterocycles. The largest absolute Gasteiger partial charge is 0.507 e. The van der Waals surface area contributed by atoms with Gasteiger partial charge in [-0.25, -0.2) is 8.78 Å². The van der Waals surface area contributed by atoms with Crippen molar-refractivity contribution in [1.29, 1.82) is 0 Å². The molecule has 13 heavy (non-hydrogen) atoms. The Labute approximate surface area is 75.0 Å². The van der Waals surface area contributed by atoms with Crippen molar-refractivity contribution >= 4 is 0 Å². The van der Waals surface area contributed by atoms with E-state index < -0.39 is 17.2 Å². The molecule has 1 aromatic carbocycles. The highest BCUT2D eigenvalue weighted by atomic mass is 19.2. The number of hydrogen-bond acceptors (Lipinski definition) is 2. The van der Waals surface area contributed by atoms with Crippen LogP contribution in [0.15, 0.2) is 12.1 Å². The molecule has 0 fully saturated rings. The molecule has 0 spiro atoms. The molecule has 72 valence electrons. The summed E-state index contributed by atoms with van der Waals surface area (Å²) >= 11 is 0. The number of rotatable bonds is 1. The summed E-state index contributed by atoms with van der Waals surface area (Å²) in [6.07, 6.45) is 0. The van der Waals surface area contributed by atoms with Gasteiger partial charge in [0.05, 0.1) is 0 Å². The molecule has 1 rings (SSSR count). The van der Waals surface area contributed by atoms with E-state index in [0.717, 1.165) is 12.1 Å². The van der Waals surface area contributed by atoms with Crippen LogP contribution in [0.1, 0.15) is 19.4 Å². The van der Waals surface area contributed by atoms with Crippen LogP contribution in [0.5, 0.6) is 5.75 Å². The Bertz CT molecular complexity index is 331. The highest BCUT2D eigenvalue weighted by molar-refractivity contribution is 5.37. The molecular formula is C9H11F2NO. The fraction of sp³-hybridized carbons (Fsp3) is 0.333. The summed E-state index contributed by atoms with van der Waals surface area (Å²) in [7, 11) is 0. The molecule has 0 radical (unpaired) electrons. The second-order valence-corrected chi connectivity index (χ2v) is 3.51. The van der Waals surface area contributed by atoms with E-state index in [9.17, 15) is 13.9 Å². The first kappa shape index (κ1) is 9.92. The van der Waals surface area contributed by atoms with Gasteiger partial charge in [0.25, 0.3) is 0 Å². The van der Waals surface area contributed by atoms with E-state index in [0.29, 0.717) is 0 Å². The van der Waals surface area contributed by atoms with Crippen LogP contribution in [0.25, 0.3) is 0 Å². The Morgan fingerprint density at radius 1 is 1.23 bits per heavy atom. The van der Waals surface area contributed by atoms with Crippen molar-refractivity contribution in [3.05, 3.63) is 29.3 Å². The van der Waals surface area contributed by atoms with Crippen molar-refractivity contribution in [1.82, 2.24) is 0 Å². The quantitative estimate of drug-likeness (QED) is 0.704. The van der Waals surface area contributed by atoms with Gasteiger partial charge in [-0.15, -0.1) is 0 Å². The molecule has 0 aliphatic carbocycles. The molecule has 0 unspecified atom stereocenters. The zero-order chi connectivity index (χ0) is 10.2. The van der Waals surface area contributed by atoms with Gasteiger partial charge in [-0.1, -0.05) is 0 Å². The number of phenols is 1. The average molecular weight is 187 g/mol. The maximum Gasteiger partial charge on any atom is 0.162 e. The van der Waals surface area contributed by atoms with E-state index >= 15 is 0 Å². The Morgan fingerprint density at radius 2 is 1.69 bits per heavy atom. The minimum Gasteiger partial charge on any atom is -0.507 e. The van der Waals surface area contributed by atoms with E-state index in [2.05, 4.69) is 0 Å². The van der Waals surface area contributed by atoms with Crippen LogP contribution in [-0.2, 0) is 5.54 Å². The number of nitrogens with two attached hydrogens (primary N) is 1. The van der Waals surface area contributed by atoms with Crippen molar-refractivity contribution in [3.63, 3.8) is 0 Å². The van der Waals surface area contributed by atoms with E-state index in [1.54, 1.807) is 13.8 Å². The van der Waals surface area contributed by atoms with Crippen molar-refractivity contribution in [2.24, 2.45) is 5.73 Å². The topological polar surface area (TPSA) is 46.2 Å². The fourth-order valence-corrected chi connectivity index (χ4v) is 1.05. The Kier molecular flexibility index (Phi) is 2.26. The normalized spacial score (nSPS) is 11.8. The van der Waals surface area contributed by atoms with E-state index in [1.807, 2.05) is 0 Å². The van der Waals surface area contributed by atoms with E-state index in [-0.39, 0.29) is 11.3 Å². The molecule has 3 N–H and O–H groups in total. The third-order valence-electron chi connectivity index (χ3n) is 1.73. The fourth-order valence-electron chi connectivity index (χ4n) is 1.05. The third-order valence-corrected chi connectivity index (χ3v) is 1.73. The molecule has 0 atom stereocenters. The van der Waals surface area contributed by atoms with Crippen LogP contribution in [0.4, 0.5) is 8.78 Å². The van der Waals surface area contributed by atoms with Crippen LogP contribution in [0, 0.1) is 11.6 Å². The van der Waals surface area contributed by atoms with Crippen molar-refractivity contribution < 1.29 is 13.9 Å². The standard InChI is InChI=1S/C9H11F2NO/c1-9(2,12)5-3-6(10)7(11)4-8(5)13/h3-4,13H,12H2,1-2H3. The maximum absolute atomic E-state index is 12.7. The van der Waals surface area contributed by atoms with Crippen LogP contribution < -0.4 is 5.73 Å². The molecule has 0 amide bonds. The first-order valence-corrected chi connectivity index (χ1v) is 3.79. The second kappa shape index (κ2) is 2.96. The summed E-state index contributed by atoms with van der Waals surface area (Å²) in [6.45, 7) is 3.19. The Balaban J connectivity index is 3.32. The zero-order valence-corrected chi connectivity index (χ0v) is 7.44.